The maximum atomic E-state index is 10.8. The predicted octanol–water partition coefficient (Wildman–Crippen LogP) is 3.62. The van der Waals surface area contributed by atoms with E-state index in [-0.39, 0.29) is 5.69 Å². The Hall–Kier alpha value is -3.02. The van der Waals surface area contributed by atoms with E-state index in [1.807, 2.05) is 30.3 Å². The molecule has 0 saturated heterocycles. The Bertz CT molecular complexity index is 797. The van der Waals surface area contributed by atoms with Crippen LogP contribution in [0, 0.1) is 17.0 Å². The number of aryl methyl sites for hydroxylation is 1. The minimum absolute atomic E-state index is 0.0709. The van der Waals surface area contributed by atoms with Crippen molar-refractivity contribution in [3.8, 4) is 22.9 Å². The van der Waals surface area contributed by atoms with Gasteiger partial charge in [0.15, 0.2) is 0 Å². The topological polar surface area (TPSA) is 82.1 Å². The summed E-state index contributed by atoms with van der Waals surface area (Å²) in [7, 11) is 0. The summed E-state index contributed by atoms with van der Waals surface area (Å²) in [5, 5.41) is 18.8. The maximum Gasteiger partial charge on any atom is 0.272 e. The Labute approximate surface area is 120 Å². The number of nitrogens with zero attached hydrogens (tertiary/aromatic N) is 3. The first kappa shape index (κ1) is 13.0. The molecule has 6 nitrogen and oxygen atoms in total. The Morgan fingerprint density at radius 2 is 1.67 bits per heavy atom. The molecule has 0 radical (unpaired) electrons. The quantitative estimate of drug-likeness (QED) is 0.541. The van der Waals surface area contributed by atoms with Gasteiger partial charge in [-0.15, -0.1) is 10.2 Å². The van der Waals surface area contributed by atoms with Crippen LogP contribution in [0.5, 0.6) is 0 Å². The van der Waals surface area contributed by atoms with Gasteiger partial charge < -0.3 is 4.42 Å². The highest BCUT2D eigenvalue weighted by atomic mass is 16.6. The van der Waals surface area contributed by atoms with Crippen molar-refractivity contribution in [3.63, 3.8) is 0 Å². The minimum atomic E-state index is -0.414. The highest BCUT2D eigenvalue weighted by Gasteiger charge is 2.15. The lowest BCUT2D eigenvalue weighted by Gasteiger charge is -1.99. The number of rotatable bonds is 3. The van der Waals surface area contributed by atoms with Crippen molar-refractivity contribution in [2.24, 2.45) is 0 Å². The fourth-order valence-electron chi connectivity index (χ4n) is 2.03. The van der Waals surface area contributed by atoms with Crippen LogP contribution in [0.4, 0.5) is 5.69 Å². The van der Waals surface area contributed by atoms with E-state index in [4.69, 9.17) is 4.42 Å². The molecular weight excluding hydrogens is 270 g/mol. The molecule has 0 aliphatic heterocycles. The van der Waals surface area contributed by atoms with E-state index in [0.717, 1.165) is 5.56 Å². The van der Waals surface area contributed by atoms with Crippen molar-refractivity contribution < 1.29 is 9.34 Å². The zero-order chi connectivity index (χ0) is 14.8. The molecule has 0 amide bonds. The van der Waals surface area contributed by atoms with E-state index in [0.29, 0.717) is 22.9 Å². The van der Waals surface area contributed by atoms with E-state index < -0.39 is 4.92 Å². The van der Waals surface area contributed by atoms with Crippen LogP contribution in [0.2, 0.25) is 0 Å². The third-order valence-corrected chi connectivity index (χ3v) is 3.09. The van der Waals surface area contributed by atoms with Crippen LogP contribution < -0.4 is 0 Å². The molecule has 0 N–H and O–H groups in total. The lowest BCUT2D eigenvalue weighted by molar-refractivity contribution is -0.385. The Kier molecular flexibility index (Phi) is 3.19. The fraction of sp³-hybridized carbons (Fsp3) is 0.0667. The van der Waals surface area contributed by atoms with Gasteiger partial charge in [-0.25, -0.2) is 0 Å². The Balaban J connectivity index is 1.97. The zero-order valence-corrected chi connectivity index (χ0v) is 11.2. The first-order valence-electron chi connectivity index (χ1n) is 6.29. The van der Waals surface area contributed by atoms with Crippen molar-refractivity contribution in [1.82, 2.24) is 10.2 Å². The molecule has 0 aliphatic rings. The van der Waals surface area contributed by atoms with Crippen LogP contribution in [0.3, 0.4) is 0 Å². The van der Waals surface area contributed by atoms with E-state index >= 15 is 0 Å². The standard InChI is InChI=1S/C15H11N3O3/c1-10-9-12(7-8-13(10)18(19)20)15-17-16-14(21-15)11-5-3-2-4-6-11/h2-9H,1H3. The second kappa shape index (κ2) is 5.16. The minimum Gasteiger partial charge on any atom is -0.416 e. The van der Waals surface area contributed by atoms with Gasteiger partial charge in [0, 0.05) is 22.8 Å². The molecule has 0 unspecified atom stereocenters. The summed E-state index contributed by atoms with van der Waals surface area (Å²) in [5.41, 5.74) is 2.11. The summed E-state index contributed by atoms with van der Waals surface area (Å²) in [4.78, 5) is 10.4. The van der Waals surface area contributed by atoms with Crippen LogP contribution >= 0.6 is 0 Å². The van der Waals surface area contributed by atoms with Gasteiger partial charge >= 0.3 is 0 Å². The average molecular weight is 281 g/mol. The van der Waals surface area contributed by atoms with Crippen LogP contribution in [0.1, 0.15) is 5.56 Å². The van der Waals surface area contributed by atoms with E-state index in [2.05, 4.69) is 10.2 Å². The number of hydrogen-bond acceptors (Lipinski definition) is 5. The highest BCUT2D eigenvalue weighted by Crippen LogP contribution is 2.27. The van der Waals surface area contributed by atoms with Gasteiger partial charge in [0.2, 0.25) is 11.8 Å². The van der Waals surface area contributed by atoms with Gasteiger partial charge in [-0.1, -0.05) is 18.2 Å². The van der Waals surface area contributed by atoms with Gasteiger partial charge in [0.05, 0.1) is 4.92 Å². The summed E-state index contributed by atoms with van der Waals surface area (Å²) in [6.45, 7) is 1.68. The fourth-order valence-corrected chi connectivity index (χ4v) is 2.03. The van der Waals surface area contributed by atoms with E-state index in [9.17, 15) is 10.1 Å². The molecule has 2 aromatic carbocycles. The molecule has 0 atom stereocenters. The second-order valence-corrected chi connectivity index (χ2v) is 4.54. The SMILES string of the molecule is Cc1cc(-c2nnc(-c3ccccc3)o2)ccc1[N+](=O)[O-]. The van der Waals surface area contributed by atoms with Gasteiger partial charge in [0.1, 0.15) is 0 Å². The van der Waals surface area contributed by atoms with Crippen LogP contribution in [-0.2, 0) is 0 Å². The molecule has 3 aromatic rings. The molecule has 3 rings (SSSR count). The third-order valence-electron chi connectivity index (χ3n) is 3.09. The van der Waals surface area contributed by atoms with Crippen molar-refractivity contribution >= 4 is 5.69 Å². The number of benzene rings is 2. The van der Waals surface area contributed by atoms with Crippen molar-refractivity contribution in [3.05, 3.63) is 64.2 Å². The normalized spacial score (nSPS) is 10.5. The lowest BCUT2D eigenvalue weighted by Crippen LogP contribution is -1.91. The smallest absolute Gasteiger partial charge is 0.272 e. The van der Waals surface area contributed by atoms with Crippen molar-refractivity contribution in [2.45, 2.75) is 6.92 Å². The maximum absolute atomic E-state index is 10.8. The molecule has 0 saturated carbocycles. The molecule has 104 valence electrons. The lowest BCUT2D eigenvalue weighted by atomic mass is 10.1. The van der Waals surface area contributed by atoms with Crippen LogP contribution in [0.25, 0.3) is 22.9 Å². The summed E-state index contributed by atoms with van der Waals surface area (Å²) < 4.78 is 5.62. The molecule has 0 aliphatic carbocycles. The molecule has 0 bridgehead atoms. The number of nitro benzene ring substituents is 1. The van der Waals surface area contributed by atoms with Gasteiger partial charge in [-0.2, -0.15) is 0 Å². The first-order chi connectivity index (χ1) is 10.1. The third kappa shape index (κ3) is 2.51. The molecular formula is C15H11N3O3. The van der Waals surface area contributed by atoms with Crippen molar-refractivity contribution in [2.75, 3.05) is 0 Å². The van der Waals surface area contributed by atoms with Gasteiger partial charge in [-0.3, -0.25) is 10.1 Å². The summed E-state index contributed by atoms with van der Waals surface area (Å²) in [6.07, 6.45) is 0. The highest BCUT2D eigenvalue weighted by molar-refractivity contribution is 5.61. The van der Waals surface area contributed by atoms with Gasteiger partial charge in [-0.05, 0) is 31.2 Å². The zero-order valence-electron chi connectivity index (χ0n) is 11.2. The molecule has 1 aromatic heterocycles. The predicted molar refractivity (Wildman–Crippen MR) is 76.6 cm³/mol. The molecule has 6 heteroatoms. The Morgan fingerprint density at radius 1 is 1.00 bits per heavy atom. The first-order valence-corrected chi connectivity index (χ1v) is 6.29. The Morgan fingerprint density at radius 3 is 2.29 bits per heavy atom. The number of nitro groups is 1. The number of aromatic nitrogens is 2. The number of hydrogen-bond donors (Lipinski definition) is 0. The van der Waals surface area contributed by atoms with Crippen LogP contribution in [-0.4, -0.2) is 15.1 Å². The second-order valence-electron chi connectivity index (χ2n) is 4.54. The summed E-state index contributed by atoms with van der Waals surface area (Å²) in [5.74, 6) is 0.758. The average Bonchev–Trinajstić information content (AvgIpc) is 2.97. The molecule has 21 heavy (non-hydrogen) atoms. The summed E-state index contributed by atoms with van der Waals surface area (Å²) >= 11 is 0. The molecule has 1 heterocycles. The van der Waals surface area contributed by atoms with Crippen molar-refractivity contribution in [1.29, 1.82) is 0 Å². The van der Waals surface area contributed by atoms with Crippen LogP contribution in [0.15, 0.2) is 52.9 Å². The van der Waals surface area contributed by atoms with Gasteiger partial charge in [0.25, 0.3) is 5.69 Å². The molecule has 0 spiro atoms. The van der Waals surface area contributed by atoms with E-state index in [1.54, 1.807) is 19.1 Å². The molecule has 0 fully saturated rings. The monoisotopic (exact) mass is 281 g/mol. The summed E-state index contributed by atoms with van der Waals surface area (Å²) in [6, 6.07) is 14.1. The largest absolute Gasteiger partial charge is 0.416 e. The van der Waals surface area contributed by atoms with E-state index in [1.165, 1.54) is 6.07 Å².